The van der Waals surface area contributed by atoms with Crippen molar-refractivity contribution in [3.05, 3.63) is 64.2 Å². The van der Waals surface area contributed by atoms with Crippen LogP contribution in [0.5, 0.6) is 0 Å². The van der Waals surface area contributed by atoms with Gasteiger partial charge in [-0.15, -0.1) is 0 Å². The number of anilines is 1. The molecule has 4 rings (SSSR count). The number of halogens is 4. The number of guanidine groups is 1. The highest BCUT2D eigenvalue weighted by Gasteiger charge is 2.42. The number of benzene rings is 2. The molecule has 2 aromatic carbocycles. The Morgan fingerprint density at radius 3 is 2.67 bits per heavy atom. The predicted molar refractivity (Wildman–Crippen MR) is 130 cm³/mol. The van der Waals surface area contributed by atoms with E-state index in [1.165, 1.54) is 17.0 Å². The molecule has 0 aliphatic carbocycles. The standard InChI is InChI=1S/C25H26ClF3N4O3/c1-14-11-17(9-10-36-14)33-20(34)13-24(2,32-23(33)30)18-7-4-8-19(21(18)26)31-22(35)15-5-3-6-16(12-15)25(27,28)29/h3-8,12,14,17H,9-11,13H2,1-2H3,(H2,30,32)(H,31,35)/t14-,17-,24+/m1/s1. The Bertz CT molecular complexity index is 1220. The predicted octanol–water partition coefficient (Wildman–Crippen LogP) is 4.94. The minimum atomic E-state index is -4.58. The van der Waals surface area contributed by atoms with Crippen molar-refractivity contribution in [2.24, 2.45) is 10.7 Å². The number of carbonyl (C=O) groups excluding carboxylic acids is 2. The van der Waals surface area contributed by atoms with E-state index in [4.69, 9.17) is 22.1 Å². The molecule has 1 saturated heterocycles. The van der Waals surface area contributed by atoms with E-state index in [0.29, 0.717) is 25.0 Å². The second kappa shape index (κ2) is 9.74. The molecule has 3 atom stereocenters. The van der Waals surface area contributed by atoms with Crippen LogP contribution in [0.3, 0.4) is 0 Å². The molecule has 2 heterocycles. The number of hydrogen-bond donors (Lipinski definition) is 2. The second-order valence-electron chi connectivity index (χ2n) is 9.24. The van der Waals surface area contributed by atoms with Crippen LogP contribution in [0.4, 0.5) is 18.9 Å². The zero-order valence-corrected chi connectivity index (χ0v) is 20.5. The number of carbonyl (C=O) groups is 2. The van der Waals surface area contributed by atoms with E-state index < -0.39 is 23.2 Å². The Hall–Kier alpha value is -3.11. The fraction of sp³-hybridized carbons (Fsp3) is 0.400. The third-order valence-electron chi connectivity index (χ3n) is 6.47. The number of aliphatic imine (C=N–C) groups is 1. The average Bonchev–Trinajstić information content (AvgIpc) is 2.79. The summed E-state index contributed by atoms with van der Waals surface area (Å²) in [4.78, 5) is 32.0. The van der Waals surface area contributed by atoms with Gasteiger partial charge in [-0.3, -0.25) is 14.5 Å². The summed E-state index contributed by atoms with van der Waals surface area (Å²) in [5.74, 6) is -0.867. The Labute approximate surface area is 211 Å². The van der Waals surface area contributed by atoms with Crippen molar-refractivity contribution in [1.29, 1.82) is 0 Å². The lowest BCUT2D eigenvalue weighted by atomic mass is 9.86. The fourth-order valence-electron chi connectivity index (χ4n) is 4.68. The summed E-state index contributed by atoms with van der Waals surface area (Å²) in [6.45, 7) is 4.19. The third kappa shape index (κ3) is 5.19. The summed E-state index contributed by atoms with van der Waals surface area (Å²) in [5.41, 5.74) is 4.70. The van der Waals surface area contributed by atoms with Gasteiger partial charge in [0.15, 0.2) is 5.96 Å². The Kier molecular flexibility index (Phi) is 7.03. The first-order valence-electron chi connectivity index (χ1n) is 11.5. The molecule has 1 fully saturated rings. The van der Waals surface area contributed by atoms with Gasteiger partial charge >= 0.3 is 6.18 Å². The third-order valence-corrected chi connectivity index (χ3v) is 6.88. The highest BCUT2D eigenvalue weighted by atomic mass is 35.5. The number of alkyl halides is 3. The molecule has 0 spiro atoms. The number of rotatable bonds is 4. The fourth-order valence-corrected chi connectivity index (χ4v) is 5.06. The summed E-state index contributed by atoms with van der Waals surface area (Å²) in [6.07, 6.45) is -3.27. The van der Waals surface area contributed by atoms with Gasteiger partial charge in [0.2, 0.25) is 5.91 Å². The second-order valence-corrected chi connectivity index (χ2v) is 9.62. The molecular formula is C25H26ClF3N4O3. The van der Waals surface area contributed by atoms with E-state index in [1.54, 1.807) is 19.1 Å². The van der Waals surface area contributed by atoms with Gasteiger partial charge in [0.1, 0.15) is 0 Å². The van der Waals surface area contributed by atoms with Gasteiger partial charge in [-0.05, 0) is 51.0 Å². The van der Waals surface area contributed by atoms with Crippen LogP contribution >= 0.6 is 11.6 Å². The Balaban J connectivity index is 1.60. The number of nitrogens with one attached hydrogen (secondary N) is 1. The van der Waals surface area contributed by atoms with Gasteiger partial charge in [-0.25, -0.2) is 4.99 Å². The maximum Gasteiger partial charge on any atom is 0.416 e. The smallest absolute Gasteiger partial charge is 0.378 e. The normalized spacial score (nSPS) is 24.9. The molecule has 0 radical (unpaired) electrons. The zero-order chi connectivity index (χ0) is 26.3. The van der Waals surface area contributed by atoms with Crippen LogP contribution in [0, 0.1) is 0 Å². The number of ether oxygens (including phenoxy) is 1. The molecule has 2 aromatic rings. The van der Waals surface area contributed by atoms with Crippen molar-refractivity contribution in [3.63, 3.8) is 0 Å². The van der Waals surface area contributed by atoms with Crippen molar-refractivity contribution in [2.45, 2.75) is 57.0 Å². The van der Waals surface area contributed by atoms with E-state index in [2.05, 4.69) is 10.3 Å². The molecular weight excluding hydrogens is 497 g/mol. The van der Waals surface area contributed by atoms with Crippen LogP contribution in [0.25, 0.3) is 0 Å². The molecule has 2 aliphatic heterocycles. The first-order chi connectivity index (χ1) is 16.9. The zero-order valence-electron chi connectivity index (χ0n) is 19.7. The summed E-state index contributed by atoms with van der Waals surface area (Å²) >= 11 is 6.62. The molecule has 7 nitrogen and oxygen atoms in total. The molecule has 0 aromatic heterocycles. The molecule has 36 heavy (non-hydrogen) atoms. The van der Waals surface area contributed by atoms with E-state index >= 15 is 0 Å². The Morgan fingerprint density at radius 2 is 2.00 bits per heavy atom. The minimum absolute atomic E-state index is 0.00391. The molecule has 0 saturated carbocycles. The largest absolute Gasteiger partial charge is 0.416 e. The lowest BCUT2D eigenvalue weighted by Crippen LogP contribution is -2.56. The van der Waals surface area contributed by atoms with Crippen LogP contribution in [0.1, 0.15) is 54.6 Å². The van der Waals surface area contributed by atoms with Gasteiger partial charge in [0.25, 0.3) is 5.91 Å². The van der Waals surface area contributed by atoms with Gasteiger partial charge < -0.3 is 15.8 Å². The van der Waals surface area contributed by atoms with Gasteiger partial charge in [-0.1, -0.05) is 29.8 Å². The van der Waals surface area contributed by atoms with Crippen LogP contribution < -0.4 is 11.1 Å². The highest BCUT2D eigenvalue weighted by Crippen LogP contribution is 2.41. The number of amides is 2. The molecule has 2 amide bonds. The summed E-state index contributed by atoms with van der Waals surface area (Å²) in [6, 6.07) is 8.81. The molecule has 3 N–H and O–H groups in total. The van der Waals surface area contributed by atoms with Gasteiger partial charge in [0, 0.05) is 23.8 Å². The van der Waals surface area contributed by atoms with Crippen LogP contribution in [-0.2, 0) is 21.2 Å². The van der Waals surface area contributed by atoms with E-state index in [1.807, 2.05) is 6.92 Å². The summed E-state index contributed by atoms with van der Waals surface area (Å²) in [7, 11) is 0. The first kappa shape index (κ1) is 26.0. The van der Waals surface area contributed by atoms with Crippen molar-refractivity contribution >= 4 is 35.1 Å². The van der Waals surface area contributed by atoms with E-state index in [9.17, 15) is 22.8 Å². The maximum atomic E-state index is 13.2. The minimum Gasteiger partial charge on any atom is -0.378 e. The quantitative estimate of drug-likeness (QED) is 0.594. The summed E-state index contributed by atoms with van der Waals surface area (Å²) in [5, 5.41) is 2.69. The topological polar surface area (TPSA) is 97.0 Å². The monoisotopic (exact) mass is 522 g/mol. The van der Waals surface area contributed by atoms with Crippen molar-refractivity contribution in [2.75, 3.05) is 11.9 Å². The first-order valence-corrected chi connectivity index (χ1v) is 11.8. The average molecular weight is 523 g/mol. The van der Waals surface area contributed by atoms with Crippen LogP contribution in [0.15, 0.2) is 47.5 Å². The number of nitrogens with zero attached hydrogens (tertiary/aromatic N) is 2. The number of hydrogen-bond acceptors (Lipinski definition) is 5. The highest BCUT2D eigenvalue weighted by molar-refractivity contribution is 6.35. The van der Waals surface area contributed by atoms with E-state index in [-0.39, 0.29) is 46.7 Å². The maximum absolute atomic E-state index is 13.2. The van der Waals surface area contributed by atoms with E-state index in [0.717, 1.165) is 18.2 Å². The van der Waals surface area contributed by atoms with Crippen LogP contribution in [0.2, 0.25) is 5.02 Å². The Morgan fingerprint density at radius 1 is 1.28 bits per heavy atom. The lowest BCUT2D eigenvalue weighted by molar-refractivity contribution is -0.137. The molecule has 0 unspecified atom stereocenters. The molecule has 11 heteroatoms. The number of nitrogens with two attached hydrogens (primary N) is 1. The van der Waals surface area contributed by atoms with Crippen LogP contribution in [-0.4, -0.2) is 41.4 Å². The van der Waals surface area contributed by atoms with Gasteiger partial charge in [-0.2, -0.15) is 13.2 Å². The summed E-state index contributed by atoms with van der Waals surface area (Å²) < 4.78 is 44.7. The molecule has 2 aliphatic rings. The lowest BCUT2D eigenvalue weighted by Gasteiger charge is -2.41. The van der Waals surface area contributed by atoms with Crippen molar-refractivity contribution in [1.82, 2.24) is 4.90 Å². The SMILES string of the molecule is C[C@@H]1C[C@H](N2C(=O)C[C@@](C)(c3cccc(NC(=O)c4cccc(C(F)(F)F)c4)c3Cl)N=C2N)CCO1. The molecule has 0 bridgehead atoms. The van der Waals surface area contributed by atoms with Crippen molar-refractivity contribution < 1.29 is 27.5 Å². The van der Waals surface area contributed by atoms with Gasteiger partial charge in [0.05, 0.1) is 34.3 Å². The van der Waals surface area contributed by atoms with Crippen molar-refractivity contribution in [3.8, 4) is 0 Å². The molecule has 192 valence electrons.